The van der Waals surface area contributed by atoms with Crippen LogP contribution in [0.25, 0.3) is 0 Å². The molecule has 0 radical (unpaired) electrons. The van der Waals surface area contributed by atoms with Gasteiger partial charge in [0.15, 0.2) is 0 Å². The Hall–Kier alpha value is -1.30. The molecule has 0 amide bonds. The number of aromatic nitrogens is 2. The molecule has 1 aromatic rings. The topological polar surface area (TPSA) is 41.6 Å². The van der Waals surface area contributed by atoms with Gasteiger partial charge in [-0.1, -0.05) is 20.8 Å². The van der Waals surface area contributed by atoms with Crippen LogP contribution in [0.3, 0.4) is 0 Å². The maximum Gasteiger partial charge on any atom is 0.212 e. The number of nitriles is 1. The first-order valence-electron chi connectivity index (χ1n) is 4.49. The van der Waals surface area contributed by atoms with E-state index in [0.717, 1.165) is 5.69 Å². The van der Waals surface area contributed by atoms with Gasteiger partial charge in [0.25, 0.3) is 0 Å². The third-order valence-electron chi connectivity index (χ3n) is 2.46. The van der Waals surface area contributed by atoms with Crippen LogP contribution in [0.1, 0.15) is 38.2 Å². The number of hydrogen-bond donors (Lipinski definition) is 0. The fraction of sp³-hybridized carbons (Fsp3) is 0.600. The van der Waals surface area contributed by atoms with Crippen LogP contribution in [0.2, 0.25) is 0 Å². The minimum atomic E-state index is 0.410. The average molecular weight is 177 g/mol. The van der Waals surface area contributed by atoms with E-state index in [1.165, 1.54) is 0 Å². The minimum Gasteiger partial charge on any atom is -0.325 e. The predicted octanol–water partition coefficient (Wildman–Crippen LogP) is 2.05. The molecule has 70 valence electrons. The van der Waals surface area contributed by atoms with Crippen molar-refractivity contribution in [3.05, 3.63) is 17.7 Å². The smallest absolute Gasteiger partial charge is 0.212 e. The van der Waals surface area contributed by atoms with Gasteiger partial charge in [0.1, 0.15) is 6.07 Å². The highest BCUT2D eigenvalue weighted by atomic mass is 15.0. The SMILES string of the molecule is CC(C)C(C)c1cn(C)c(C#N)n1. The van der Waals surface area contributed by atoms with Crippen LogP contribution in [-0.4, -0.2) is 9.55 Å². The molecule has 3 heteroatoms. The summed E-state index contributed by atoms with van der Waals surface area (Å²) in [4.78, 5) is 4.25. The molecule has 1 rings (SSSR count). The molecule has 0 saturated heterocycles. The minimum absolute atomic E-state index is 0.410. The molecule has 1 aromatic heterocycles. The zero-order valence-corrected chi connectivity index (χ0v) is 8.57. The molecule has 13 heavy (non-hydrogen) atoms. The first-order valence-corrected chi connectivity index (χ1v) is 4.49. The second-order valence-electron chi connectivity index (χ2n) is 3.74. The van der Waals surface area contributed by atoms with Crippen molar-refractivity contribution in [3.8, 4) is 6.07 Å². The van der Waals surface area contributed by atoms with Crippen molar-refractivity contribution in [2.24, 2.45) is 13.0 Å². The molecule has 0 aliphatic carbocycles. The van der Waals surface area contributed by atoms with Crippen molar-refractivity contribution in [2.75, 3.05) is 0 Å². The van der Waals surface area contributed by atoms with E-state index < -0.39 is 0 Å². The summed E-state index contributed by atoms with van der Waals surface area (Å²) in [5.74, 6) is 1.46. The molecule has 0 aromatic carbocycles. The Morgan fingerprint density at radius 2 is 2.08 bits per heavy atom. The summed E-state index contributed by atoms with van der Waals surface area (Å²) in [5.41, 5.74) is 1.01. The molecular formula is C10H15N3. The van der Waals surface area contributed by atoms with Crippen molar-refractivity contribution in [1.29, 1.82) is 5.26 Å². The fourth-order valence-electron chi connectivity index (χ4n) is 1.15. The summed E-state index contributed by atoms with van der Waals surface area (Å²) >= 11 is 0. The third-order valence-corrected chi connectivity index (χ3v) is 2.46. The van der Waals surface area contributed by atoms with Gasteiger partial charge in [0.05, 0.1) is 5.69 Å². The first-order chi connectivity index (χ1) is 6.06. The van der Waals surface area contributed by atoms with Gasteiger partial charge >= 0.3 is 0 Å². The highest BCUT2D eigenvalue weighted by Gasteiger charge is 2.14. The molecule has 0 aliphatic rings. The molecule has 3 nitrogen and oxygen atoms in total. The standard InChI is InChI=1S/C10H15N3/c1-7(2)8(3)9-6-13(4)10(5-11)12-9/h6-8H,1-4H3. The molecular weight excluding hydrogens is 162 g/mol. The molecule has 0 spiro atoms. The van der Waals surface area contributed by atoms with Gasteiger partial charge < -0.3 is 4.57 Å². The van der Waals surface area contributed by atoms with Crippen LogP contribution in [0, 0.1) is 17.2 Å². The van der Waals surface area contributed by atoms with E-state index in [1.807, 2.05) is 13.2 Å². The number of imidazole rings is 1. The molecule has 0 N–H and O–H groups in total. The summed E-state index contributed by atoms with van der Waals surface area (Å²) in [6.45, 7) is 6.45. The van der Waals surface area contributed by atoms with Crippen LogP contribution < -0.4 is 0 Å². The highest BCUT2D eigenvalue weighted by Crippen LogP contribution is 2.22. The van der Waals surface area contributed by atoms with E-state index in [4.69, 9.17) is 5.26 Å². The molecule has 0 saturated carbocycles. The maximum absolute atomic E-state index is 8.72. The van der Waals surface area contributed by atoms with E-state index in [2.05, 4.69) is 31.8 Å². The molecule has 1 unspecified atom stereocenters. The summed E-state index contributed by atoms with van der Waals surface area (Å²) in [6.07, 6.45) is 1.93. The van der Waals surface area contributed by atoms with E-state index in [0.29, 0.717) is 17.7 Å². The largest absolute Gasteiger partial charge is 0.325 e. The van der Waals surface area contributed by atoms with Crippen LogP contribution >= 0.6 is 0 Å². The third kappa shape index (κ3) is 1.89. The second kappa shape index (κ2) is 3.61. The molecule has 1 heterocycles. The summed E-state index contributed by atoms with van der Waals surface area (Å²) in [6, 6.07) is 2.06. The molecule has 0 bridgehead atoms. The summed E-state index contributed by atoms with van der Waals surface area (Å²) < 4.78 is 1.77. The van der Waals surface area contributed by atoms with Crippen molar-refractivity contribution >= 4 is 0 Å². The summed E-state index contributed by atoms with van der Waals surface area (Å²) in [5, 5.41) is 8.72. The Morgan fingerprint density at radius 3 is 2.46 bits per heavy atom. The predicted molar refractivity (Wildman–Crippen MR) is 51.2 cm³/mol. The van der Waals surface area contributed by atoms with Gasteiger partial charge in [-0.15, -0.1) is 0 Å². The van der Waals surface area contributed by atoms with Crippen LogP contribution in [0.5, 0.6) is 0 Å². The van der Waals surface area contributed by atoms with Crippen molar-refractivity contribution in [2.45, 2.75) is 26.7 Å². The monoisotopic (exact) mass is 177 g/mol. The van der Waals surface area contributed by atoms with Gasteiger partial charge in [0, 0.05) is 19.2 Å². The van der Waals surface area contributed by atoms with E-state index in [9.17, 15) is 0 Å². The van der Waals surface area contributed by atoms with Crippen molar-refractivity contribution < 1.29 is 0 Å². The van der Waals surface area contributed by atoms with Crippen LogP contribution in [0.15, 0.2) is 6.20 Å². The number of hydrogen-bond acceptors (Lipinski definition) is 2. The molecule has 1 atom stereocenters. The Morgan fingerprint density at radius 1 is 1.46 bits per heavy atom. The Balaban J connectivity index is 2.98. The zero-order chi connectivity index (χ0) is 10.0. The van der Waals surface area contributed by atoms with Gasteiger partial charge in [-0.25, -0.2) is 4.98 Å². The Kier molecular flexibility index (Phi) is 2.72. The normalized spacial score (nSPS) is 12.9. The number of nitrogens with zero attached hydrogens (tertiary/aromatic N) is 3. The zero-order valence-electron chi connectivity index (χ0n) is 8.57. The van der Waals surface area contributed by atoms with E-state index >= 15 is 0 Å². The van der Waals surface area contributed by atoms with Gasteiger partial charge in [0.2, 0.25) is 5.82 Å². The van der Waals surface area contributed by atoms with Crippen molar-refractivity contribution in [1.82, 2.24) is 9.55 Å². The number of aryl methyl sites for hydroxylation is 1. The second-order valence-corrected chi connectivity index (χ2v) is 3.74. The Labute approximate surface area is 79.0 Å². The van der Waals surface area contributed by atoms with Crippen molar-refractivity contribution in [3.63, 3.8) is 0 Å². The lowest BCUT2D eigenvalue weighted by Crippen LogP contribution is -2.02. The lowest BCUT2D eigenvalue weighted by molar-refractivity contribution is 0.525. The first kappa shape index (κ1) is 9.79. The van der Waals surface area contributed by atoms with Crippen LogP contribution in [0.4, 0.5) is 0 Å². The molecule has 0 fully saturated rings. The molecule has 0 aliphatic heterocycles. The summed E-state index contributed by atoms with van der Waals surface area (Å²) in [7, 11) is 1.85. The van der Waals surface area contributed by atoms with Gasteiger partial charge in [-0.2, -0.15) is 5.26 Å². The lowest BCUT2D eigenvalue weighted by Gasteiger charge is -2.11. The van der Waals surface area contributed by atoms with E-state index in [-0.39, 0.29) is 0 Å². The number of rotatable bonds is 2. The highest BCUT2D eigenvalue weighted by molar-refractivity contribution is 5.18. The maximum atomic E-state index is 8.72. The van der Waals surface area contributed by atoms with E-state index in [1.54, 1.807) is 4.57 Å². The quantitative estimate of drug-likeness (QED) is 0.693. The fourth-order valence-corrected chi connectivity index (χ4v) is 1.15. The lowest BCUT2D eigenvalue weighted by atomic mass is 9.95. The average Bonchev–Trinajstić information content (AvgIpc) is 2.45. The van der Waals surface area contributed by atoms with Gasteiger partial charge in [-0.3, -0.25) is 0 Å². The van der Waals surface area contributed by atoms with Gasteiger partial charge in [-0.05, 0) is 5.92 Å². The van der Waals surface area contributed by atoms with Crippen LogP contribution in [-0.2, 0) is 7.05 Å². The Bertz CT molecular complexity index is 330.